The van der Waals surface area contributed by atoms with Gasteiger partial charge < -0.3 is 14.8 Å². The topological polar surface area (TPSA) is 30.5 Å². The second-order valence-corrected chi connectivity index (χ2v) is 4.33. The third-order valence-electron chi connectivity index (χ3n) is 2.47. The first-order chi connectivity index (χ1) is 8.72. The van der Waals surface area contributed by atoms with Crippen molar-refractivity contribution < 1.29 is 9.47 Å². The van der Waals surface area contributed by atoms with Crippen molar-refractivity contribution >= 4 is 11.6 Å². The van der Waals surface area contributed by atoms with Gasteiger partial charge in [0.1, 0.15) is 0 Å². The van der Waals surface area contributed by atoms with Gasteiger partial charge in [-0.25, -0.2) is 0 Å². The number of methoxy groups -OCH3 is 1. The molecule has 0 saturated carbocycles. The van der Waals surface area contributed by atoms with Gasteiger partial charge in [-0.2, -0.15) is 0 Å². The van der Waals surface area contributed by atoms with E-state index in [2.05, 4.69) is 11.9 Å². The van der Waals surface area contributed by atoms with E-state index in [1.807, 2.05) is 25.3 Å². The van der Waals surface area contributed by atoms with E-state index in [1.54, 1.807) is 7.11 Å². The molecule has 0 spiro atoms. The highest BCUT2D eigenvalue weighted by atomic mass is 35.5. The van der Waals surface area contributed by atoms with Crippen LogP contribution in [-0.2, 0) is 6.54 Å². The lowest BCUT2D eigenvalue weighted by Gasteiger charge is -2.14. The molecule has 0 radical (unpaired) electrons. The van der Waals surface area contributed by atoms with E-state index in [0.29, 0.717) is 23.1 Å². The summed E-state index contributed by atoms with van der Waals surface area (Å²) in [7, 11) is 3.51. The fourth-order valence-corrected chi connectivity index (χ4v) is 1.91. The Hall–Kier alpha value is -1.19. The van der Waals surface area contributed by atoms with Gasteiger partial charge in [-0.3, -0.25) is 0 Å². The van der Waals surface area contributed by atoms with Crippen molar-refractivity contribution in [2.75, 3.05) is 20.8 Å². The van der Waals surface area contributed by atoms with Crippen molar-refractivity contribution in [2.24, 2.45) is 0 Å². The summed E-state index contributed by atoms with van der Waals surface area (Å²) in [6.45, 7) is 5.02. The number of halogens is 1. The minimum Gasteiger partial charge on any atom is -0.493 e. The first-order valence-electron chi connectivity index (χ1n) is 5.97. The SMILES string of the molecule is C=CCCCOc1c(Cl)cc(CNC)cc1OC. The number of ether oxygens (including phenoxy) is 2. The summed E-state index contributed by atoms with van der Waals surface area (Å²) in [6, 6.07) is 3.83. The molecule has 0 unspecified atom stereocenters. The predicted molar refractivity (Wildman–Crippen MR) is 75.7 cm³/mol. The van der Waals surface area contributed by atoms with Gasteiger partial charge in [0.25, 0.3) is 0 Å². The van der Waals surface area contributed by atoms with Crippen LogP contribution in [-0.4, -0.2) is 20.8 Å². The largest absolute Gasteiger partial charge is 0.493 e. The molecule has 0 aliphatic carbocycles. The lowest BCUT2D eigenvalue weighted by Crippen LogP contribution is -2.06. The van der Waals surface area contributed by atoms with Crippen molar-refractivity contribution in [1.82, 2.24) is 5.32 Å². The van der Waals surface area contributed by atoms with Gasteiger partial charge in [-0.1, -0.05) is 17.7 Å². The summed E-state index contributed by atoms with van der Waals surface area (Å²) >= 11 is 6.21. The Balaban J connectivity index is 2.79. The summed E-state index contributed by atoms with van der Waals surface area (Å²) in [5.41, 5.74) is 1.07. The zero-order valence-electron chi connectivity index (χ0n) is 11.0. The molecule has 0 amide bonds. The smallest absolute Gasteiger partial charge is 0.179 e. The highest BCUT2D eigenvalue weighted by Gasteiger charge is 2.11. The van der Waals surface area contributed by atoms with Gasteiger partial charge in [-0.05, 0) is 37.6 Å². The zero-order chi connectivity index (χ0) is 13.4. The van der Waals surface area contributed by atoms with Crippen LogP contribution >= 0.6 is 11.6 Å². The van der Waals surface area contributed by atoms with Gasteiger partial charge in [0.05, 0.1) is 18.7 Å². The summed E-state index contributed by atoms with van der Waals surface area (Å²) in [6.07, 6.45) is 3.72. The highest BCUT2D eigenvalue weighted by molar-refractivity contribution is 6.32. The van der Waals surface area contributed by atoms with Crippen LogP contribution in [0.25, 0.3) is 0 Å². The van der Waals surface area contributed by atoms with Crippen molar-refractivity contribution in [1.29, 1.82) is 0 Å². The van der Waals surface area contributed by atoms with Crippen LogP contribution in [0.3, 0.4) is 0 Å². The molecule has 0 bridgehead atoms. The van der Waals surface area contributed by atoms with Gasteiger partial charge in [-0.15, -0.1) is 6.58 Å². The van der Waals surface area contributed by atoms with E-state index in [-0.39, 0.29) is 0 Å². The van der Waals surface area contributed by atoms with E-state index < -0.39 is 0 Å². The Kier molecular flexibility index (Phi) is 6.61. The van der Waals surface area contributed by atoms with Crippen LogP contribution in [0.4, 0.5) is 0 Å². The number of benzene rings is 1. The Labute approximate surface area is 114 Å². The minimum atomic E-state index is 0.582. The molecule has 0 aliphatic rings. The third-order valence-corrected chi connectivity index (χ3v) is 2.75. The second-order valence-electron chi connectivity index (χ2n) is 3.92. The number of hydrogen-bond acceptors (Lipinski definition) is 3. The van der Waals surface area contributed by atoms with Crippen LogP contribution in [0, 0.1) is 0 Å². The second kappa shape index (κ2) is 8.01. The summed E-state index contributed by atoms with van der Waals surface area (Å²) in [5.74, 6) is 1.29. The average molecular weight is 270 g/mol. The summed E-state index contributed by atoms with van der Waals surface area (Å²) in [5, 5.41) is 3.66. The lowest BCUT2D eigenvalue weighted by molar-refractivity contribution is 0.290. The predicted octanol–water partition coefficient (Wildman–Crippen LogP) is 3.41. The molecule has 1 rings (SSSR count). The van der Waals surface area contributed by atoms with Crippen molar-refractivity contribution in [3.05, 3.63) is 35.4 Å². The van der Waals surface area contributed by atoms with Gasteiger partial charge in [0.15, 0.2) is 11.5 Å². The number of nitrogens with one attached hydrogen (secondary N) is 1. The van der Waals surface area contributed by atoms with Crippen molar-refractivity contribution in [3.8, 4) is 11.5 Å². The maximum absolute atomic E-state index is 6.21. The standard InChI is InChI=1S/C14H20ClNO2/c1-4-5-6-7-18-14-12(15)8-11(10-16-2)9-13(14)17-3/h4,8-9,16H,1,5-7,10H2,2-3H3. The number of unbranched alkanes of at least 4 members (excludes halogenated alkanes) is 1. The van der Waals surface area contributed by atoms with E-state index >= 15 is 0 Å². The molecule has 1 N–H and O–H groups in total. The monoisotopic (exact) mass is 269 g/mol. The van der Waals surface area contributed by atoms with Crippen molar-refractivity contribution in [3.63, 3.8) is 0 Å². The number of allylic oxidation sites excluding steroid dienone is 1. The maximum Gasteiger partial charge on any atom is 0.179 e. The Morgan fingerprint density at radius 1 is 1.44 bits per heavy atom. The fourth-order valence-electron chi connectivity index (χ4n) is 1.62. The molecule has 0 aromatic heterocycles. The van der Waals surface area contributed by atoms with Crippen LogP contribution in [0.5, 0.6) is 11.5 Å². The normalized spacial score (nSPS) is 10.2. The molecule has 3 nitrogen and oxygen atoms in total. The molecule has 0 atom stereocenters. The van der Waals surface area contributed by atoms with E-state index in [1.165, 1.54) is 0 Å². The minimum absolute atomic E-state index is 0.582. The molecular weight excluding hydrogens is 250 g/mol. The Morgan fingerprint density at radius 3 is 2.83 bits per heavy atom. The molecule has 1 aromatic rings. The molecule has 0 fully saturated rings. The van der Waals surface area contributed by atoms with Gasteiger partial charge >= 0.3 is 0 Å². The summed E-state index contributed by atoms with van der Waals surface area (Å²) in [4.78, 5) is 0. The van der Waals surface area contributed by atoms with E-state index in [0.717, 1.165) is 24.9 Å². The fraction of sp³-hybridized carbons (Fsp3) is 0.429. The molecule has 0 aliphatic heterocycles. The molecule has 18 heavy (non-hydrogen) atoms. The van der Waals surface area contributed by atoms with Crippen molar-refractivity contribution in [2.45, 2.75) is 19.4 Å². The van der Waals surface area contributed by atoms with Crippen LogP contribution < -0.4 is 14.8 Å². The molecular formula is C14H20ClNO2. The van der Waals surface area contributed by atoms with Gasteiger partial charge in [0, 0.05) is 6.54 Å². The van der Waals surface area contributed by atoms with Crippen LogP contribution in [0.1, 0.15) is 18.4 Å². The molecule has 0 heterocycles. The quantitative estimate of drug-likeness (QED) is 0.579. The highest BCUT2D eigenvalue weighted by Crippen LogP contribution is 2.36. The van der Waals surface area contributed by atoms with E-state index in [4.69, 9.17) is 21.1 Å². The first-order valence-corrected chi connectivity index (χ1v) is 6.35. The average Bonchev–Trinajstić information content (AvgIpc) is 2.36. The molecule has 1 aromatic carbocycles. The Bertz CT molecular complexity index is 394. The zero-order valence-corrected chi connectivity index (χ0v) is 11.7. The van der Waals surface area contributed by atoms with E-state index in [9.17, 15) is 0 Å². The Morgan fingerprint density at radius 2 is 2.22 bits per heavy atom. The van der Waals surface area contributed by atoms with Gasteiger partial charge in [0.2, 0.25) is 0 Å². The first kappa shape index (κ1) is 14.9. The molecule has 4 heteroatoms. The lowest BCUT2D eigenvalue weighted by atomic mass is 10.2. The maximum atomic E-state index is 6.21. The third kappa shape index (κ3) is 4.24. The molecule has 100 valence electrons. The van der Waals surface area contributed by atoms with Crippen LogP contribution in [0.2, 0.25) is 5.02 Å². The number of rotatable bonds is 8. The summed E-state index contributed by atoms with van der Waals surface area (Å²) < 4.78 is 11.0. The van der Waals surface area contributed by atoms with Crippen LogP contribution in [0.15, 0.2) is 24.8 Å². The molecule has 0 saturated heterocycles. The number of hydrogen-bond donors (Lipinski definition) is 1.